The van der Waals surface area contributed by atoms with Crippen molar-refractivity contribution in [3.8, 4) is 0 Å². The van der Waals surface area contributed by atoms with Gasteiger partial charge in [0.25, 0.3) is 0 Å². The van der Waals surface area contributed by atoms with E-state index in [-0.39, 0.29) is 5.78 Å². The average molecular weight is 147 g/mol. The summed E-state index contributed by atoms with van der Waals surface area (Å²) in [6, 6.07) is 0. The van der Waals surface area contributed by atoms with E-state index in [1.54, 1.807) is 20.8 Å². The third-order valence-corrected chi connectivity index (χ3v) is 1.10. The molecule has 0 amide bonds. The normalized spacial score (nSPS) is 11.1. The zero-order chi connectivity index (χ0) is 7.65. The molecule has 0 saturated heterocycles. The third-order valence-electron chi connectivity index (χ3n) is 0.928. The van der Waals surface area contributed by atoms with Crippen molar-refractivity contribution in [3.63, 3.8) is 0 Å². The minimum Gasteiger partial charge on any atom is -0.293 e. The molecule has 0 fully saturated rings. The summed E-state index contributed by atoms with van der Waals surface area (Å²) in [5, 5.41) is 0. The Kier molecular flexibility index (Phi) is 2.44. The van der Waals surface area contributed by atoms with Gasteiger partial charge in [0, 0.05) is 0 Å². The first-order valence-corrected chi connectivity index (χ1v) is 3.12. The van der Waals surface area contributed by atoms with Gasteiger partial charge in [-0.15, -0.1) is 11.6 Å². The Bertz CT molecular complexity index is 141. The molecule has 0 saturated carbocycles. The van der Waals surface area contributed by atoms with Gasteiger partial charge in [0.15, 0.2) is 5.78 Å². The van der Waals surface area contributed by atoms with Gasteiger partial charge in [-0.2, -0.15) is 0 Å². The Morgan fingerprint density at radius 2 is 1.89 bits per heavy atom. The molecule has 0 aromatic heterocycles. The predicted octanol–water partition coefficient (Wildman–Crippen LogP) is 2.15. The minimum atomic E-state index is -0.786. The van der Waals surface area contributed by atoms with Crippen molar-refractivity contribution in [1.29, 1.82) is 0 Å². The van der Waals surface area contributed by atoms with Gasteiger partial charge in [0.2, 0.25) is 0 Å². The highest BCUT2D eigenvalue weighted by atomic mass is 35.5. The van der Waals surface area contributed by atoms with Gasteiger partial charge in [-0.3, -0.25) is 4.79 Å². The van der Waals surface area contributed by atoms with E-state index in [1.165, 1.54) is 0 Å². The standard InChI is InChI=1S/C7H11ClO/c1-5(2)6(9)7(3,4)8/h1H2,2-4H3. The van der Waals surface area contributed by atoms with Crippen LogP contribution in [0, 0.1) is 0 Å². The second-order valence-corrected chi connectivity index (χ2v) is 3.53. The fourth-order valence-electron chi connectivity index (χ4n) is 0.507. The molecule has 0 heterocycles. The molecule has 0 bridgehead atoms. The van der Waals surface area contributed by atoms with Gasteiger partial charge in [0.1, 0.15) is 4.87 Å². The lowest BCUT2D eigenvalue weighted by atomic mass is 10.0. The molecule has 0 N–H and O–H groups in total. The maximum Gasteiger partial charge on any atom is 0.178 e. The molecule has 0 aliphatic rings. The highest BCUT2D eigenvalue weighted by Gasteiger charge is 2.23. The van der Waals surface area contributed by atoms with Crippen molar-refractivity contribution in [2.75, 3.05) is 0 Å². The topological polar surface area (TPSA) is 17.1 Å². The Morgan fingerprint density at radius 3 is 1.89 bits per heavy atom. The van der Waals surface area contributed by atoms with E-state index in [2.05, 4.69) is 6.58 Å². The largest absolute Gasteiger partial charge is 0.293 e. The molecule has 0 rings (SSSR count). The second-order valence-electron chi connectivity index (χ2n) is 2.58. The number of rotatable bonds is 2. The van der Waals surface area contributed by atoms with Crippen molar-refractivity contribution in [2.24, 2.45) is 0 Å². The van der Waals surface area contributed by atoms with E-state index < -0.39 is 4.87 Å². The number of carbonyl (C=O) groups excluding carboxylic acids is 1. The maximum atomic E-state index is 10.9. The van der Waals surface area contributed by atoms with Crippen molar-refractivity contribution in [2.45, 2.75) is 25.6 Å². The first-order valence-electron chi connectivity index (χ1n) is 2.75. The van der Waals surface area contributed by atoms with Crippen molar-refractivity contribution in [1.82, 2.24) is 0 Å². The summed E-state index contributed by atoms with van der Waals surface area (Å²) in [5.41, 5.74) is 0.509. The van der Waals surface area contributed by atoms with Crippen molar-refractivity contribution in [3.05, 3.63) is 12.2 Å². The highest BCUT2D eigenvalue weighted by molar-refractivity contribution is 6.37. The molecule has 1 nitrogen and oxygen atoms in total. The summed E-state index contributed by atoms with van der Waals surface area (Å²) >= 11 is 5.67. The minimum absolute atomic E-state index is 0.0934. The Balaban J connectivity index is 4.23. The molecule has 2 heteroatoms. The molecule has 0 aromatic carbocycles. The second kappa shape index (κ2) is 2.53. The van der Waals surface area contributed by atoms with Crippen LogP contribution in [0.2, 0.25) is 0 Å². The van der Waals surface area contributed by atoms with Gasteiger partial charge in [-0.05, 0) is 26.3 Å². The summed E-state index contributed by atoms with van der Waals surface area (Å²) in [5.74, 6) is -0.0934. The molecule has 0 spiro atoms. The van der Waals surface area contributed by atoms with E-state index in [4.69, 9.17) is 11.6 Å². The summed E-state index contributed by atoms with van der Waals surface area (Å²) in [7, 11) is 0. The number of hydrogen-bond acceptors (Lipinski definition) is 1. The third kappa shape index (κ3) is 2.66. The van der Waals surface area contributed by atoms with E-state index in [0.29, 0.717) is 5.57 Å². The fourth-order valence-corrected chi connectivity index (χ4v) is 0.669. The summed E-state index contributed by atoms with van der Waals surface area (Å²) in [6.45, 7) is 8.46. The van der Waals surface area contributed by atoms with Crippen molar-refractivity contribution < 1.29 is 4.79 Å². The Labute approximate surface area is 60.7 Å². The first kappa shape index (κ1) is 8.70. The van der Waals surface area contributed by atoms with Gasteiger partial charge < -0.3 is 0 Å². The van der Waals surface area contributed by atoms with E-state index in [1.807, 2.05) is 0 Å². The fraction of sp³-hybridized carbons (Fsp3) is 0.571. The van der Waals surface area contributed by atoms with Crippen LogP contribution in [0.15, 0.2) is 12.2 Å². The smallest absolute Gasteiger partial charge is 0.178 e. The quantitative estimate of drug-likeness (QED) is 0.431. The summed E-state index contributed by atoms with van der Waals surface area (Å²) in [6.07, 6.45) is 0. The molecular formula is C7H11ClO. The molecule has 52 valence electrons. The molecule has 0 radical (unpaired) electrons. The number of hydrogen-bond donors (Lipinski definition) is 0. The lowest BCUT2D eigenvalue weighted by molar-refractivity contribution is -0.117. The number of allylic oxidation sites excluding steroid dienone is 1. The Hall–Kier alpha value is -0.300. The van der Waals surface area contributed by atoms with E-state index in [0.717, 1.165) is 0 Å². The lowest BCUT2D eigenvalue weighted by Gasteiger charge is -2.12. The van der Waals surface area contributed by atoms with Crippen LogP contribution in [0.5, 0.6) is 0 Å². The van der Waals surface area contributed by atoms with Crippen LogP contribution in [0.25, 0.3) is 0 Å². The number of alkyl halides is 1. The zero-order valence-corrected chi connectivity index (χ0v) is 6.75. The molecule has 0 unspecified atom stereocenters. The van der Waals surface area contributed by atoms with Gasteiger partial charge in [0.05, 0.1) is 0 Å². The number of carbonyl (C=O) groups is 1. The highest BCUT2D eigenvalue weighted by Crippen LogP contribution is 2.17. The molecule has 9 heavy (non-hydrogen) atoms. The van der Waals surface area contributed by atoms with Gasteiger partial charge in [-0.25, -0.2) is 0 Å². The lowest BCUT2D eigenvalue weighted by Crippen LogP contribution is -2.24. The zero-order valence-electron chi connectivity index (χ0n) is 5.99. The van der Waals surface area contributed by atoms with Crippen LogP contribution in [0.4, 0.5) is 0 Å². The number of halogens is 1. The SMILES string of the molecule is C=C(C)C(=O)C(C)(C)Cl. The number of Topliss-reactive ketones (excluding diaryl/α,β-unsaturated/α-hetero) is 1. The van der Waals surface area contributed by atoms with Crippen molar-refractivity contribution >= 4 is 17.4 Å². The van der Waals surface area contributed by atoms with Crippen LogP contribution in [-0.2, 0) is 4.79 Å². The van der Waals surface area contributed by atoms with Crippen LogP contribution in [0.3, 0.4) is 0 Å². The predicted molar refractivity (Wildman–Crippen MR) is 39.8 cm³/mol. The first-order chi connectivity index (χ1) is 3.85. The maximum absolute atomic E-state index is 10.9. The monoisotopic (exact) mass is 146 g/mol. The molecule has 0 aliphatic heterocycles. The molecule has 0 aromatic rings. The van der Waals surface area contributed by atoms with Crippen LogP contribution in [0.1, 0.15) is 20.8 Å². The summed E-state index contributed by atoms with van der Waals surface area (Å²) in [4.78, 5) is 10.1. The van der Waals surface area contributed by atoms with Crippen LogP contribution >= 0.6 is 11.6 Å². The molecule has 0 atom stereocenters. The average Bonchev–Trinajstić information content (AvgIpc) is 1.62. The van der Waals surface area contributed by atoms with Gasteiger partial charge >= 0.3 is 0 Å². The number of ketones is 1. The van der Waals surface area contributed by atoms with E-state index in [9.17, 15) is 4.79 Å². The molecule has 0 aliphatic carbocycles. The van der Waals surface area contributed by atoms with E-state index >= 15 is 0 Å². The molecular weight excluding hydrogens is 136 g/mol. The van der Waals surface area contributed by atoms with Crippen LogP contribution < -0.4 is 0 Å². The van der Waals surface area contributed by atoms with Crippen LogP contribution in [-0.4, -0.2) is 10.7 Å². The summed E-state index contributed by atoms with van der Waals surface area (Å²) < 4.78 is 0. The van der Waals surface area contributed by atoms with Gasteiger partial charge in [-0.1, -0.05) is 6.58 Å². The Morgan fingerprint density at radius 1 is 1.56 bits per heavy atom.